The molecule has 7 heteroatoms. The molecule has 1 aromatic carbocycles. The Kier molecular flexibility index (Phi) is 5.71. The number of aryl methyl sites for hydroxylation is 1. The fourth-order valence-corrected chi connectivity index (χ4v) is 1.58. The van der Waals surface area contributed by atoms with Crippen LogP contribution >= 0.6 is 0 Å². The van der Waals surface area contributed by atoms with Crippen molar-refractivity contribution in [2.45, 2.75) is 26.9 Å². The zero-order valence-corrected chi connectivity index (χ0v) is 12.1. The summed E-state index contributed by atoms with van der Waals surface area (Å²) in [5.74, 6) is -1.73. The number of imide groups is 1. The van der Waals surface area contributed by atoms with E-state index in [1.165, 1.54) is 19.1 Å². The number of aromatic carboxylic acids is 1. The molecule has 1 atom stereocenters. The van der Waals surface area contributed by atoms with Gasteiger partial charge in [0.1, 0.15) is 11.3 Å². The molecule has 21 heavy (non-hydrogen) atoms. The van der Waals surface area contributed by atoms with Crippen molar-refractivity contribution >= 4 is 17.9 Å². The lowest BCUT2D eigenvalue weighted by atomic mass is 10.1. The lowest BCUT2D eigenvalue weighted by molar-refractivity contribution is -0.126. The van der Waals surface area contributed by atoms with E-state index >= 15 is 0 Å². The van der Waals surface area contributed by atoms with Gasteiger partial charge in [0.15, 0.2) is 6.10 Å². The summed E-state index contributed by atoms with van der Waals surface area (Å²) >= 11 is 0. The van der Waals surface area contributed by atoms with Crippen LogP contribution in [0.3, 0.4) is 0 Å². The van der Waals surface area contributed by atoms with Gasteiger partial charge < -0.3 is 15.2 Å². The van der Waals surface area contributed by atoms with E-state index in [0.29, 0.717) is 6.54 Å². The second kappa shape index (κ2) is 7.28. The van der Waals surface area contributed by atoms with Crippen LogP contribution in [0, 0.1) is 6.92 Å². The first-order chi connectivity index (χ1) is 9.85. The predicted octanol–water partition coefficient (Wildman–Crippen LogP) is 1.31. The molecule has 7 nitrogen and oxygen atoms in total. The standard InChI is InChI=1S/C14H18N2O5/c1-4-15-14(20)16-12(17)9(3)21-11-6-5-8(2)7-10(11)13(18)19/h5-7,9H,4H2,1-3H3,(H,18,19)(H2,15,16,17,20). The van der Waals surface area contributed by atoms with Crippen molar-refractivity contribution in [2.75, 3.05) is 6.54 Å². The monoisotopic (exact) mass is 294 g/mol. The Bertz CT molecular complexity index is 556. The molecule has 0 aliphatic heterocycles. The number of ether oxygens (including phenoxy) is 1. The zero-order chi connectivity index (χ0) is 16.0. The van der Waals surface area contributed by atoms with E-state index in [4.69, 9.17) is 9.84 Å². The summed E-state index contributed by atoms with van der Waals surface area (Å²) in [4.78, 5) is 34.1. The van der Waals surface area contributed by atoms with E-state index in [1.807, 2.05) is 0 Å². The van der Waals surface area contributed by atoms with Gasteiger partial charge in [0.2, 0.25) is 0 Å². The predicted molar refractivity (Wildman–Crippen MR) is 75.4 cm³/mol. The van der Waals surface area contributed by atoms with E-state index in [-0.39, 0.29) is 11.3 Å². The van der Waals surface area contributed by atoms with Gasteiger partial charge >= 0.3 is 12.0 Å². The Morgan fingerprint density at radius 1 is 1.33 bits per heavy atom. The highest BCUT2D eigenvalue weighted by molar-refractivity contribution is 5.96. The van der Waals surface area contributed by atoms with Crippen LogP contribution < -0.4 is 15.4 Å². The molecule has 1 rings (SSSR count). The van der Waals surface area contributed by atoms with Crippen molar-refractivity contribution in [3.63, 3.8) is 0 Å². The number of urea groups is 1. The van der Waals surface area contributed by atoms with E-state index in [2.05, 4.69) is 10.6 Å². The summed E-state index contributed by atoms with van der Waals surface area (Å²) < 4.78 is 5.33. The van der Waals surface area contributed by atoms with Crippen LogP contribution in [0.1, 0.15) is 29.8 Å². The molecule has 0 aliphatic rings. The van der Waals surface area contributed by atoms with Gasteiger partial charge in [0, 0.05) is 6.54 Å². The minimum absolute atomic E-state index is 0.0346. The molecule has 0 saturated heterocycles. The van der Waals surface area contributed by atoms with Crippen molar-refractivity contribution in [1.29, 1.82) is 0 Å². The lowest BCUT2D eigenvalue weighted by Gasteiger charge is -2.16. The maximum absolute atomic E-state index is 11.7. The average Bonchev–Trinajstić information content (AvgIpc) is 2.40. The van der Waals surface area contributed by atoms with Crippen molar-refractivity contribution in [3.05, 3.63) is 29.3 Å². The minimum atomic E-state index is -1.15. The van der Waals surface area contributed by atoms with Crippen LogP contribution in [0.15, 0.2) is 18.2 Å². The molecule has 0 fully saturated rings. The topological polar surface area (TPSA) is 105 Å². The number of carboxylic acid groups (broad SMARTS) is 1. The van der Waals surface area contributed by atoms with E-state index in [0.717, 1.165) is 5.56 Å². The van der Waals surface area contributed by atoms with E-state index < -0.39 is 24.0 Å². The van der Waals surface area contributed by atoms with Gasteiger partial charge in [-0.3, -0.25) is 10.1 Å². The van der Waals surface area contributed by atoms with Gasteiger partial charge in [-0.05, 0) is 32.9 Å². The Hall–Kier alpha value is -2.57. The number of rotatable bonds is 5. The molecule has 0 heterocycles. The molecule has 0 saturated carbocycles. The smallest absolute Gasteiger partial charge is 0.339 e. The number of carboxylic acids is 1. The maximum atomic E-state index is 11.7. The number of nitrogens with one attached hydrogen (secondary N) is 2. The molecule has 0 bridgehead atoms. The number of hydrogen-bond acceptors (Lipinski definition) is 4. The molecule has 114 valence electrons. The number of amides is 3. The molecular formula is C14H18N2O5. The van der Waals surface area contributed by atoms with Crippen LogP contribution in [0.2, 0.25) is 0 Å². The minimum Gasteiger partial charge on any atom is -0.480 e. The van der Waals surface area contributed by atoms with Crippen molar-refractivity contribution in [2.24, 2.45) is 0 Å². The molecule has 3 N–H and O–H groups in total. The Labute approximate surface area is 122 Å². The molecule has 0 aromatic heterocycles. The molecule has 0 aliphatic carbocycles. The SMILES string of the molecule is CCNC(=O)NC(=O)C(C)Oc1ccc(C)cc1C(=O)O. The quantitative estimate of drug-likeness (QED) is 0.759. The molecule has 3 amide bonds. The first kappa shape index (κ1) is 16.5. The van der Waals surface area contributed by atoms with E-state index in [9.17, 15) is 14.4 Å². The van der Waals surface area contributed by atoms with Crippen LogP contribution in [0.25, 0.3) is 0 Å². The molecule has 0 spiro atoms. The first-order valence-electron chi connectivity index (χ1n) is 6.44. The van der Waals surface area contributed by atoms with Gasteiger partial charge in [-0.15, -0.1) is 0 Å². The van der Waals surface area contributed by atoms with Crippen LogP contribution in [0.5, 0.6) is 5.75 Å². The van der Waals surface area contributed by atoms with Gasteiger partial charge in [-0.25, -0.2) is 9.59 Å². The third kappa shape index (κ3) is 4.79. The van der Waals surface area contributed by atoms with Crippen LogP contribution in [0.4, 0.5) is 4.79 Å². The van der Waals surface area contributed by atoms with Crippen molar-refractivity contribution < 1.29 is 24.2 Å². The maximum Gasteiger partial charge on any atom is 0.339 e. The Balaban J connectivity index is 2.79. The largest absolute Gasteiger partial charge is 0.480 e. The number of hydrogen-bond donors (Lipinski definition) is 3. The van der Waals surface area contributed by atoms with Gasteiger partial charge in [0.05, 0.1) is 0 Å². The number of carbonyl (C=O) groups is 3. The molecule has 1 aromatic rings. The summed E-state index contributed by atoms with van der Waals surface area (Å²) in [5.41, 5.74) is 0.729. The van der Waals surface area contributed by atoms with Crippen molar-refractivity contribution in [3.8, 4) is 5.75 Å². The Morgan fingerprint density at radius 2 is 2.00 bits per heavy atom. The second-order valence-corrected chi connectivity index (χ2v) is 4.41. The van der Waals surface area contributed by atoms with Gasteiger partial charge in [0.25, 0.3) is 5.91 Å². The third-order valence-electron chi connectivity index (χ3n) is 2.61. The van der Waals surface area contributed by atoms with E-state index in [1.54, 1.807) is 19.9 Å². The van der Waals surface area contributed by atoms with Crippen molar-refractivity contribution in [1.82, 2.24) is 10.6 Å². The summed E-state index contributed by atoms with van der Waals surface area (Å²) in [7, 11) is 0. The van der Waals surface area contributed by atoms with Gasteiger partial charge in [-0.2, -0.15) is 0 Å². The number of carbonyl (C=O) groups excluding carboxylic acids is 2. The fraction of sp³-hybridized carbons (Fsp3) is 0.357. The normalized spacial score (nSPS) is 11.4. The van der Waals surface area contributed by atoms with Crippen LogP contribution in [-0.4, -0.2) is 35.7 Å². The second-order valence-electron chi connectivity index (χ2n) is 4.41. The molecular weight excluding hydrogens is 276 g/mol. The Morgan fingerprint density at radius 3 is 2.57 bits per heavy atom. The highest BCUT2D eigenvalue weighted by atomic mass is 16.5. The summed E-state index contributed by atoms with van der Waals surface area (Å²) in [6.45, 7) is 5.28. The highest BCUT2D eigenvalue weighted by Gasteiger charge is 2.20. The third-order valence-corrected chi connectivity index (χ3v) is 2.61. The first-order valence-corrected chi connectivity index (χ1v) is 6.44. The lowest BCUT2D eigenvalue weighted by Crippen LogP contribution is -2.45. The van der Waals surface area contributed by atoms with Crippen LogP contribution in [-0.2, 0) is 4.79 Å². The summed E-state index contributed by atoms with van der Waals surface area (Å²) in [6, 6.07) is 3.98. The average molecular weight is 294 g/mol. The molecule has 1 unspecified atom stereocenters. The highest BCUT2D eigenvalue weighted by Crippen LogP contribution is 2.21. The molecule has 0 radical (unpaired) electrons. The summed E-state index contributed by atoms with van der Waals surface area (Å²) in [5, 5.41) is 13.6. The van der Waals surface area contributed by atoms with Gasteiger partial charge in [-0.1, -0.05) is 11.6 Å². The number of benzene rings is 1. The fourth-order valence-electron chi connectivity index (χ4n) is 1.58. The zero-order valence-electron chi connectivity index (χ0n) is 12.1. The summed E-state index contributed by atoms with van der Waals surface area (Å²) in [6.07, 6.45) is -1.01.